The lowest BCUT2D eigenvalue weighted by atomic mass is 9.95. The van der Waals surface area contributed by atoms with Crippen LogP contribution < -0.4 is 0 Å². The number of carbonyl (C=O) groups is 1. The number of cyclic esters (lactones) is 1. The first-order valence-corrected chi connectivity index (χ1v) is 4.19. The largest absolute Gasteiger partial charge is 0.458 e. The van der Waals surface area contributed by atoms with Crippen molar-refractivity contribution in [2.24, 2.45) is 0 Å². The van der Waals surface area contributed by atoms with Gasteiger partial charge in [-0.3, -0.25) is 0 Å². The summed E-state index contributed by atoms with van der Waals surface area (Å²) in [5.74, 6) is -0.533. The van der Waals surface area contributed by atoms with Crippen molar-refractivity contribution in [2.75, 3.05) is 20.8 Å². The molecular formula is C9H14O5. The van der Waals surface area contributed by atoms with Crippen molar-refractivity contribution in [3.63, 3.8) is 0 Å². The van der Waals surface area contributed by atoms with E-state index in [2.05, 4.69) is 4.74 Å². The third kappa shape index (κ3) is 1.79. The van der Waals surface area contributed by atoms with Crippen LogP contribution in [0.25, 0.3) is 0 Å². The maximum absolute atomic E-state index is 11.2. The molecule has 0 unspecified atom stereocenters. The zero-order valence-corrected chi connectivity index (χ0v) is 8.44. The molecule has 1 aliphatic heterocycles. The molecule has 0 fully saturated rings. The van der Waals surface area contributed by atoms with Gasteiger partial charge in [0.2, 0.25) is 0 Å². The quantitative estimate of drug-likeness (QED) is 0.507. The zero-order chi connectivity index (χ0) is 10.8. The number of aliphatic hydroxyl groups is 1. The standard InChI is InChI=1S/C9H14O5/c1-9(11,8(12-2)13-3)6-4-5-14-7(6)10/h4,8,11H,5H2,1-3H3/t9-/m0/s1. The first-order chi connectivity index (χ1) is 6.54. The molecule has 0 amide bonds. The molecule has 5 nitrogen and oxygen atoms in total. The van der Waals surface area contributed by atoms with Gasteiger partial charge in [-0.05, 0) is 13.0 Å². The van der Waals surface area contributed by atoms with Crippen LogP contribution in [0, 0.1) is 0 Å². The number of rotatable bonds is 4. The molecule has 1 N–H and O–H groups in total. The molecule has 80 valence electrons. The number of hydrogen-bond donors (Lipinski definition) is 1. The molecule has 0 bridgehead atoms. The summed E-state index contributed by atoms with van der Waals surface area (Å²) in [5.41, 5.74) is -1.32. The van der Waals surface area contributed by atoms with Crippen LogP contribution in [0.2, 0.25) is 0 Å². The van der Waals surface area contributed by atoms with Crippen molar-refractivity contribution in [1.29, 1.82) is 0 Å². The van der Waals surface area contributed by atoms with E-state index in [1.165, 1.54) is 27.2 Å². The number of carbonyl (C=O) groups excluding carboxylic acids is 1. The van der Waals surface area contributed by atoms with Crippen LogP contribution in [0.3, 0.4) is 0 Å². The predicted octanol–water partition coefficient (Wildman–Crippen LogP) is -0.161. The summed E-state index contributed by atoms with van der Waals surface area (Å²) in [6.07, 6.45) is 0.632. The number of ether oxygens (including phenoxy) is 3. The lowest BCUT2D eigenvalue weighted by molar-refractivity contribution is -0.195. The summed E-state index contributed by atoms with van der Waals surface area (Å²) in [5, 5.41) is 10.0. The third-order valence-corrected chi connectivity index (χ3v) is 2.15. The molecule has 0 aromatic heterocycles. The minimum Gasteiger partial charge on any atom is -0.458 e. The van der Waals surface area contributed by atoms with Crippen LogP contribution >= 0.6 is 0 Å². The Morgan fingerprint density at radius 3 is 2.50 bits per heavy atom. The van der Waals surface area contributed by atoms with Crippen LogP contribution in [-0.4, -0.2) is 43.8 Å². The van der Waals surface area contributed by atoms with Gasteiger partial charge in [0, 0.05) is 14.2 Å². The van der Waals surface area contributed by atoms with Gasteiger partial charge >= 0.3 is 5.97 Å². The van der Waals surface area contributed by atoms with Crippen LogP contribution in [0.5, 0.6) is 0 Å². The summed E-state index contributed by atoms with van der Waals surface area (Å²) in [6, 6.07) is 0. The van der Waals surface area contributed by atoms with Crippen molar-refractivity contribution in [2.45, 2.75) is 18.8 Å². The van der Waals surface area contributed by atoms with Crippen LogP contribution in [-0.2, 0) is 19.0 Å². The number of methoxy groups -OCH3 is 2. The van der Waals surface area contributed by atoms with Gasteiger partial charge in [0.05, 0.1) is 5.57 Å². The minimum absolute atomic E-state index is 0.172. The Morgan fingerprint density at radius 1 is 1.57 bits per heavy atom. The van der Waals surface area contributed by atoms with E-state index in [0.29, 0.717) is 0 Å². The Kier molecular flexibility index (Phi) is 3.25. The Bertz CT molecular complexity index is 252. The summed E-state index contributed by atoms with van der Waals surface area (Å²) < 4.78 is 14.5. The van der Waals surface area contributed by atoms with Gasteiger partial charge in [0.15, 0.2) is 6.29 Å². The van der Waals surface area contributed by atoms with Gasteiger partial charge in [-0.2, -0.15) is 0 Å². The van der Waals surface area contributed by atoms with Crippen molar-refractivity contribution >= 4 is 5.97 Å². The van der Waals surface area contributed by atoms with Gasteiger partial charge in [-0.15, -0.1) is 0 Å². The summed E-state index contributed by atoms with van der Waals surface area (Å²) in [7, 11) is 2.78. The van der Waals surface area contributed by atoms with Crippen LogP contribution in [0.1, 0.15) is 6.92 Å². The highest BCUT2D eigenvalue weighted by molar-refractivity contribution is 5.92. The van der Waals surface area contributed by atoms with E-state index >= 15 is 0 Å². The molecule has 1 atom stereocenters. The SMILES string of the molecule is COC(OC)[C@@](C)(O)C1=CCOC1=O. The predicted molar refractivity (Wildman–Crippen MR) is 47.5 cm³/mol. The number of esters is 1. The lowest BCUT2D eigenvalue weighted by Gasteiger charge is -2.30. The lowest BCUT2D eigenvalue weighted by Crippen LogP contribution is -2.45. The van der Waals surface area contributed by atoms with Gasteiger partial charge in [0.1, 0.15) is 12.2 Å². The van der Waals surface area contributed by atoms with E-state index in [1.807, 2.05) is 0 Å². The van der Waals surface area contributed by atoms with E-state index in [0.717, 1.165) is 0 Å². The fraction of sp³-hybridized carbons (Fsp3) is 0.667. The van der Waals surface area contributed by atoms with E-state index in [9.17, 15) is 9.90 Å². The molecule has 0 aromatic carbocycles. The van der Waals surface area contributed by atoms with Crippen molar-refractivity contribution in [3.05, 3.63) is 11.6 Å². The summed E-state index contributed by atoms with van der Waals surface area (Å²) in [6.45, 7) is 1.63. The summed E-state index contributed by atoms with van der Waals surface area (Å²) in [4.78, 5) is 11.2. The molecule has 1 heterocycles. The zero-order valence-electron chi connectivity index (χ0n) is 8.44. The highest BCUT2D eigenvalue weighted by Gasteiger charge is 2.42. The molecule has 0 radical (unpaired) electrons. The molecule has 0 saturated carbocycles. The highest BCUT2D eigenvalue weighted by Crippen LogP contribution is 2.26. The van der Waals surface area contributed by atoms with Crippen molar-refractivity contribution < 1.29 is 24.1 Å². The van der Waals surface area contributed by atoms with E-state index < -0.39 is 17.9 Å². The molecule has 0 aliphatic carbocycles. The van der Waals surface area contributed by atoms with Gasteiger partial charge in [-0.25, -0.2) is 4.79 Å². The van der Waals surface area contributed by atoms with Gasteiger partial charge in [-0.1, -0.05) is 0 Å². The average molecular weight is 202 g/mol. The first kappa shape index (κ1) is 11.2. The minimum atomic E-state index is -1.49. The summed E-state index contributed by atoms with van der Waals surface area (Å²) >= 11 is 0. The third-order valence-electron chi connectivity index (χ3n) is 2.15. The Balaban J connectivity index is 2.87. The second-order valence-electron chi connectivity index (χ2n) is 3.17. The maximum atomic E-state index is 11.2. The topological polar surface area (TPSA) is 65.0 Å². The van der Waals surface area contributed by atoms with E-state index in [1.54, 1.807) is 0 Å². The smallest absolute Gasteiger partial charge is 0.337 e. The molecule has 1 aliphatic rings. The Morgan fingerprint density at radius 2 is 2.14 bits per heavy atom. The molecule has 0 spiro atoms. The molecule has 1 rings (SSSR count). The van der Waals surface area contributed by atoms with E-state index in [4.69, 9.17) is 9.47 Å². The molecular weight excluding hydrogens is 188 g/mol. The average Bonchev–Trinajstić information content (AvgIpc) is 2.53. The highest BCUT2D eigenvalue weighted by atomic mass is 16.7. The molecule has 0 saturated heterocycles. The van der Waals surface area contributed by atoms with Crippen LogP contribution in [0.15, 0.2) is 11.6 Å². The second-order valence-corrected chi connectivity index (χ2v) is 3.17. The Labute approximate surface area is 82.3 Å². The molecule has 5 heteroatoms. The van der Waals surface area contributed by atoms with Gasteiger partial charge < -0.3 is 19.3 Å². The normalized spacial score (nSPS) is 20.6. The van der Waals surface area contributed by atoms with Gasteiger partial charge in [0.25, 0.3) is 0 Å². The molecule has 14 heavy (non-hydrogen) atoms. The maximum Gasteiger partial charge on any atom is 0.337 e. The number of hydrogen-bond acceptors (Lipinski definition) is 5. The fourth-order valence-corrected chi connectivity index (χ4v) is 1.46. The van der Waals surface area contributed by atoms with Crippen molar-refractivity contribution in [1.82, 2.24) is 0 Å². The van der Waals surface area contributed by atoms with E-state index in [-0.39, 0.29) is 12.2 Å². The second kappa shape index (κ2) is 4.08. The fourth-order valence-electron chi connectivity index (χ4n) is 1.46. The molecule has 0 aromatic rings. The first-order valence-electron chi connectivity index (χ1n) is 4.19. The van der Waals surface area contributed by atoms with Crippen LogP contribution in [0.4, 0.5) is 0 Å². The van der Waals surface area contributed by atoms with Crippen molar-refractivity contribution in [3.8, 4) is 0 Å². The monoisotopic (exact) mass is 202 g/mol. The Hall–Kier alpha value is -0.910.